The molecule has 2 aromatic carbocycles. The summed E-state index contributed by atoms with van der Waals surface area (Å²) < 4.78 is 6.35. The average molecular weight is 444 g/mol. The van der Waals surface area contributed by atoms with Gasteiger partial charge in [-0.15, -0.1) is 0 Å². The second kappa shape index (κ2) is 8.57. The fourth-order valence-corrected chi connectivity index (χ4v) is 5.00. The summed E-state index contributed by atoms with van der Waals surface area (Å²) in [6.45, 7) is 2.09. The van der Waals surface area contributed by atoms with Gasteiger partial charge in [-0.3, -0.25) is 4.98 Å². The lowest BCUT2D eigenvalue weighted by Gasteiger charge is -2.26. The van der Waals surface area contributed by atoms with Crippen molar-refractivity contribution in [3.8, 4) is 0 Å². The Morgan fingerprint density at radius 2 is 1.81 bits per heavy atom. The standard InChI is InChI=1S/C25H21N3OS2/c1-17-8-7-9-18(16-17)28-24(23(27-25(28)30)20-12-5-6-15-26-20)21-13-14-22(29-21)31-19-10-3-2-4-11-19/h2-16,23-24H,1H3,(H,27,30). The number of hydrogen-bond acceptors (Lipinski definition) is 4. The largest absolute Gasteiger partial charge is 0.452 e. The molecule has 1 aliphatic heterocycles. The molecule has 4 nitrogen and oxygen atoms in total. The molecule has 0 radical (unpaired) electrons. The first-order chi connectivity index (χ1) is 15.2. The molecule has 2 atom stereocenters. The number of pyridine rings is 1. The molecule has 3 heterocycles. The van der Waals surface area contributed by atoms with E-state index < -0.39 is 0 Å². The molecule has 0 bridgehead atoms. The Morgan fingerprint density at radius 3 is 2.58 bits per heavy atom. The third kappa shape index (κ3) is 4.09. The molecule has 4 aromatic rings. The zero-order chi connectivity index (χ0) is 21.2. The molecule has 31 heavy (non-hydrogen) atoms. The van der Waals surface area contributed by atoms with E-state index in [1.165, 1.54) is 5.56 Å². The molecule has 0 spiro atoms. The Labute approximate surface area is 191 Å². The summed E-state index contributed by atoms with van der Waals surface area (Å²) in [5.41, 5.74) is 3.15. The van der Waals surface area contributed by atoms with Gasteiger partial charge in [-0.1, -0.05) is 48.2 Å². The van der Waals surface area contributed by atoms with Crippen molar-refractivity contribution < 1.29 is 4.42 Å². The van der Waals surface area contributed by atoms with E-state index in [9.17, 15) is 0 Å². The molecule has 1 aliphatic rings. The van der Waals surface area contributed by atoms with Crippen LogP contribution in [-0.4, -0.2) is 10.1 Å². The van der Waals surface area contributed by atoms with Crippen LogP contribution < -0.4 is 10.2 Å². The van der Waals surface area contributed by atoms with Gasteiger partial charge in [0.2, 0.25) is 0 Å². The summed E-state index contributed by atoms with van der Waals surface area (Å²) in [4.78, 5) is 7.87. The Hall–Kier alpha value is -3.09. The first kappa shape index (κ1) is 19.8. The van der Waals surface area contributed by atoms with Crippen LogP contribution in [0.1, 0.15) is 29.1 Å². The van der Waals surface area contributed by atoms with Gasteiger partial charge in [0.25, 0.3) is 0 Å². The van der Waals surface area contributed by atoms with Crippen LogP contribution >= 0.6 is 24.0 Å². The topological polar surface area (TPSA) is 41.3 Å². The van der Waals surface area contributed by atoms with Gasteiger partial charge in [0.05, 0.1) is 11.7 Å². The highest BCUT2D eigenvalue weighted by Gasteiger charge is 2.42. The zero-order valence-corrected chi connectivity index (χ0v) is 18.6. The third-order valence-electron chi connectivity index (χ3n) is 5.23. The number of thiocarbonyl (C=S) groups is 1. The molecule has 0 aliphatic carbocycles. The number of rotatable bonds is 5. The lowest BCUT2D eigenvalue weighted by Crippen LogP contribution is -2.29. The smallest absolute Gasteiger partial charge is 0.174 e. The van der Waals surface area contributed by atoms with Gasteiger partial charge in [0.1, 0.15) is 11.8 Å². The minimum absolute atomic E-state index is 0.116. The fourth-order valence-electron chi connectivity index (χ4n) is 3.85. The van der Waals surface area contributed by atoms with Gasteiger partial charge in [0.15, 0.2) is 10.2 Å². The van der Waals surface area contributed by atoms with Gasteiger partial charge in [-0.25, -0.2) is 0 Å². The monoisotopic (exact) mass is 443 g/mol. The van der Waals surface area contributed by atoms with Crippen LogP contribution in [0.25, 0.3) is 0 Å². The van der Waals surface area contributed by atoms with Crippen molar-refractivity contribution in [2.24, 2.45) is 0 Å². The first-order valence-corrected chi connectivity index (χ1v) is 11.3. The Balaban J connectivity index is 1.54. The van der Waals surface area contributed by atoms with Crippen LogP contribution in [0, 0.1) is 6.92 Å². The molecule has 1 N–H and O–H groups in total. The van der Waals surface area contributed by atoms with Gasteiger partial charge >= 0.3 is 0 Å². The van der Waals surface area contributed by atoms with E-state index in [0.29, 0.717) is 5.11 Å². The predicted molar refractivity (Wildman–Crippen MR) is 128 cm³/mol. The van der Waals surface area contributed by atoms with E-state index in [1.807, 2.05) is 54.7 Å². The van der Waals surface area contributed by atoms with Gasteiger partial charge in [0, 0.05) is 16.8 Å². The van der Waals surface area contributed by atoms with Crippen LogP contribution in [0.2, 0.25) is 0 Å². The summed E-state index contributed by atoms with van der Waals surface area (Å²) in [6.07, 6.45) is 1.81. The molecule has 1 saturated heterocycles. The van der Waals surface area contributed by atoms with Crippen LogP contribution in [0.15, 0.2) is 106 Å². The summed E-state index contributed by atoms with van der Waals surface area (Å²) in [6, 6.07) is 28.3. The van der Waals surface area contributed by atoms with Crippen LogP contribution in [-0.2, 0) is 0 Å². The molecule has 5 rings (SSSR count). The maximum Gasteiger partial charge on any atom is 0.174 e. The normalized spacial score (nSPS) is 18.2. The quantitative estimate of drug-likeness (QED) is 0.365. The molecule has 2 unspecified atom stereocenters. The van der Waals surface area contributed by atoms with Crippen molar-refractivity contribution in [3.05, 3.63) is 108 Å². The number of nitrogens with one attached hydrogen (secondary N) is 1. The number of anilines is 1. The summed E-state index contributed by atoms with van der Waals surface area (Å²) >= 11 is 7.38. The van der Waals surface area contributed by atoms with Crippen molar-refractivity contribution in [1.82, 2.24) is 10.3 Å². The number of aromatic nitrogens is 1. The highest BCUT2D eigenvalue weighted by Crippen LogP contribution is 2.43. The number of aryl methyl sites for hydroxylation is 1. The molecule has 2 aromatic heterocycles. The van der Waals surface area contributed by atoms with Crippen molar-refractivity contribution in [3.63, 3.8) is 0 Å². The van der Waals surface area contributed by atoms with Crippen LogP contribution in [0.4, 0.5) is 5.69 Å². The molecule has 1 fully saturated rings. The van der Waals surface area contributed by atoms with E-state index in [0.717, 1.165) is 27.1 Å². The lowest BCUT2D eigenvalue weighted by atomic mass is 10.0. The second-order valence-electron chi connectivity index (χ2n) is 7.41. The van der Waals surface area contributed by atoms with Crippen LogP contribution in [0.3, 0.4) is 0 Å². The number of furan rings is 1. The highest BCUT2D eigenvalue weighted by molar-refractivity contribution is 7.99. The third-order valence-corrected chi connectivity index (χ3v) is 6.48. The van der Waals surface area contributed by atoms with Gasteiger partial charge in [-0.2, -0.15) is 0 Å². The summed E-state index contributed by atoms with van der Waals surface area (Å²) in [5.74, 6) is 0.850. The maximum absolute atomic E-state index is 6.35. The van der Waals surface area contributed by atoms with Gasteiger partial charge < -0.3 is 14.6 Å². The van der Waals surface area contributed by atoms with Crippen molar-refractivity contribution in [1.29, 1.82) is 0 Å². The molecule has 154 valence electrons. The lowest BCUT2D eigenvalue weighted by molar-refractivity contribution is 0.383. The molecular weight excluding hydrogens is 422 g/mol. The molecule has 6 heteroatoms. The van der Waals surface area contributed by atoms with Crippen molar-refractivity contribution in [2.45, 2.75) is 29.0 Å². The van der Waals surface area contributed by atoms with Crippen molar-refractivity contribution >= 4 is 34.8 Å². The first-order valence-electron chi connectivity index (χ1n) is 10.1. The van der Waals surface area contributed by atoms with E-state index in [-0.39, 0.29) is 12.1 Å². The minimum atomic E-state index is -0.144. The number of nitrogens with zero attached hydrogens (tertiary/aromatic N) is 2. The molecule has 0 saturated carbocycles. The van der Waals surface area contributed by atoms with E-state index in [2.05, 4.69) is 58.5 Å². The number of hydrogen-bond donors (Lipinski definition) is 1. The second-order valence-corrected chi connectivity index (χ2v) is 8.87. The van der Waals surface area contributed by atoms with Crippen LogP contribution in [0.5, 0.6) is 0 Å². The minimum Gasteiger partial charge on any atom is -0.452 e. The maximum atomic E-state index is 6.35. The molecular formula is C25H21N3OS2. The number of benzene rings is 2. The predicted octanol–water partition coefficient (Wildman–Crippen LogP) is 6.31. The zero-order valence-electron chi connectivity index (χ0n) is 16.9. The van der Waals surface area contributed by atoms with E-state index in [1.54, 1.807) is 11.8 Å². The Morgan fingerprint density at radius 1 is 0.968 bits per heavy atom. The van der Waals surface area contributed by atoms with E-state index in [4.69, 9.17) is 16.6 Å². The fraction of sp³-hybridized carbons (Fsp3) is 0.120. The SMILES string of the molecule is Cc1cccc(N2C(=S)NC(c3ccccn3)C2c2ccc(Sc3ccccc3)o2)c1. The highest BCUT2D eigenvalue weighted by atomic mass is 32.2. The Bertz CT molecular complexity index is 1190. The van der Waals surface area contributed by atoms with Gasteiger partial charge in [-0.05, 0) is 73.2 Å². The van der Waals surface area contributed by atoms with Crippen molar-refractivity contribution in [2.75, 3.05) is 4.90 Å². The summed E-state index contributed by atoms with van der Waals surface area (Å²) in [5, 5.41) is 4.99. The molecule has 0 amide bonds. The Kier molecular flexibility index (Phi) is 5.49. The summed E-state index contributed by atoms with van der Waals surface area (Å²) in [7, 11) is 0. The average Bonchev–Trinajstić information content (AvgIpc) is 3.39. The van der Waals surface area contributed by atoms with E-state index >= 15 is 0 Å².